The zero-order valence-electron chi connectivity index (χ0n) is 13.8. The van der Waals surface area contributed by atoms with Crippen molar-refractivity contribution in [2.75, 3.05) is 11.1 Å². The minimum atomic E-state index is -2.53. The van der Waals surface area contributed by atoms with Crippen molar-refractivity contribution in [2.24, 2.45) is 0 Å². The van der Waals surface area contributed by atoms with E-state index >= 15 is 0 Å². The number of alkyl halides is 4. The lowest BCUT2D eigenvalue weighted by Crippen LogP contribution is -2.15. The Morgan fingerprint density at radius 2 is 1.73 bits per heavy atom. The van der Waals surface area contributed by atoms with E-state index in [1.54, 1.807) is 0 Å². The molecule has 9 heteroatoms. The fourth-order valence-electron chi connectivity index (χ4n) is 2.59. The number of nitrogens with zero attached hydrogens (tertiary/aromatic N) is 2. The first-order valence-corrected chi connectivity index (χ1v) is 8.86. The summed E-state index contributed by atoms with van der Waals surface area (Å²) in [5, 5.41) is 3.20. The van der Waals surface area contributed by atoms with Gasteiger partial charge in [-0.25, -0.2) is 27.5 Å². The molecule has 0 unspecified atom stereocenters. The summed E-state index contributed by atoms with van der Waals surface area (Å²) in [4.78, 5) is 7.59. The van der Waals surface area contributed by atoms with Gasteiger partial charge in [0.05, 0.1) is 5.56 Å². The Hall–Kier alpha value is -1.90. The molecule has 1 aliphatic rings. The molecule has 0 amide bonds. The van der Waals surface area contributed by atoms with Crippen molar-refractivity contribution >= 4 is 27.6 Å². The van der Waals surface area contributed by atoms with E-state index in [0.29, 0.717) is 16.3 Å². The highest BCUT2D eigenvalue weighted by atomic mass is 79.9. The minimum absolute atomic E-state index is 0.00417. The molecular weight excluding hydrogens is 416 g/mol. The van der Waals surface area contributed by atoms with Gasteiger partial charge in [0.2, 0.25) is 0 Å². The third kappa shape index (κ3) is 5.82. The average Bonchev–Trinajstić information content (AvgIpc) is 3.10. The van der Waals surface area contributed by atoms with Crippen molar-refractivity contribution in [3.05, 3.63) is 46.2 Å². The summed E-state index contributed by atoms with van der Waals surface area (Å²) in [6.45, 7) is 0. The predicted molar refractivity (Wildman–Crippen MR) is 96.4 cm³/mol. The van der Waals surface area contributed by atoms with Crippen LogP contribution in [0.25, 0.3) is 0 Å². The third-order valence-electron chi connectivity index (χ3n) is 3.93. The van der Waals surface area contributed by atoms with E-state index in [2.05, 4.69) is 31.2 Å². The van der Waals surface area contributed by atoms with Crippen LogP contribution in [0, 0.1) is 0 Å². The Morgan fingerprint density at radius 3 is 2.27 bits per heavy atom. The van der Waals surface area contributed by atoms with Crippen LogP contribution in [-0.4, -0.2) is 16.0 Å². The Labute approximate surface area is 157 Å². The first-order valence-electron chi connectivity index (χ1n) is 8.07. The van der Waals surface area contributed by atoms with Gasteiger partial charge in [0.1, 0.15) is 11.6 Å². The van der Waals surface area contributed by atoms with Gasteiger partial charge in [-0.15, -0.1) is 0 Å². The van der Waals surface area contributed by atoms with Gasteiger partial charge in [-0.1, -0.05) is 12.8 Å². The molecule has 142 valence electrons. The van der Waals surface area contributed by atoms with Gasteiger partial charge < -0.3 is 11.1 Å². The normalized spacial score (nSPS) is 14.4. The summed E-state index contributed by atoms with van der Waals surface area (Å²) < 4.78 is 49.4. The zero-order valence-corrected chi connectivity index (χ0v) is 15.4. The van der Waals surface area contributed by atoms with Crippen LogP contribution in [0.5, 0.6) is 0 Å². The van der Waals surface area contributed by atoms with Crippen molar-refractivity contribution in [1.29, 1.82) is 0 Å². The molecule has 0 aliphatic heterocycles. The van der Waals surface area contributed by atoms with Crippen molar-refractivity contribution in [2.45, 2.75) is 44.6 Å². The second-order valence-corrected chi connectivity index (χ2v) is 6.65. The standard InChI is InChI=1S/C11H13BrF2N2.C6H6F2N2/c12-9-6-15-10(5-8(9)11(13)14)16-7-3-1-2-4-7;7-5(8)4-2-1-3-10-6(4)9/h5-7,11H,1-4H2,(H,15,16);1-3,5H,(H2,9,10). The van der Waals surface area contributed by atoms with E-state index in [4.69, 9.17) is 5.73 Å². The molecule has 0 atom stereocenters. The summed E-state index contributed by atoms with van der Waals surface area (Å²) in [7, 11) is 0. The molecule has 3 rings (SSSR count). The second kappa shape index (κ2) is 9.70. The molecule has 1 aliphatic carbocycles. The highest BCUT2D eigenvalue weighted by Crippen LogP contribution is 2.29. The van der Waals surface area contributed by atoms with E-state index in [1.165, 1.54) is 43.4 Å². The van der Waals surface area contributed by atoms with Gasteiger partial charge in [-0.2, -0.15) is 0 Å². The number of hydrogen-bond acceptors (Lipinski definition) is 4. The maximum atomic E-state index is 12.6. The smallest absolute Gasteiger partial charge is 0.267 e. The van der Waals surface area contributed by atoms with Gasteiger partial charge >= 0.3 is 0 Å². The van der Waals surface area contributed by atoms with Crippen LogP contribution in [-0.2, 0) is 0 Å². The third-order valence-corrected chi connectivity index (χ3v) is 4.60. The lowest BCUT2D eigenvalue weighted by molar-refractivity contribution is 0.150. The van der Waals surface area contributed by atoms with Gasteiger partial charge in [0.15, 0.2) is 0 Å². The Balaban J connectivity index is 0.000000209. The Morgan fingerprint density at radius 1 is 1.08 bits per heavy atom. The molecule has 0 spiro atoms. The summed E-state index contributed by atoms with van der Waals surface area (Å²) in [5.74, 6) is 0.447. The fourth-order valence-corrected chi connectivity index (χ4v) is 2.98. The fraction of sp³-hybridized carbons (Fsp3) is 0.412. The molecule has 2 heterocycles. The van der Waals surface area contributed by atoms with Gasteiger partial charge in [-0.3, -0.25) is 0 Å². The summed E-state index contributed by atoms with van der Waals surface area (Å²) in [6, 6.07) is 4.50. The van der Waals surface area contributed by atoms with Crippen LogP contribution in [0.1, 0.15) is 49.7 Å². The van der Waals surface area contributed by atoms with E-state index in [-0.39, 0.29) is 16.9 Å². The highest BCUT2D eigenvalue weighted by Gasteiger charge is 2.17. The first kappa shape index (κ1) is 20.4. The summed E-state index contributed by atoms with van der Waals surface area (Å²) >= 11 is 3.07. The van der Waals surface area contributed by atoms with Crippen LogP contribution in [0.3, 0.4) is 0 Å². The maximum absolute atomic E-state index is 12.6. The van der Waals surface area contributed by atoms with E-state index < -0.39 is 12.9 Å². The molecule has 0 bridgehead atoms. The van der Waals surface area contributed by atoms with Crippen molar-refractivity contribution in [3.8, 4) is 0 Å². The number of nitrogen functional groups attached to an aromatic ring is 1. The maximum Gasteiger partial charge on any atom is 0.267 e. The predicted octanol–water partition coefficient (Wildman–Crippen LogP) is 5.74. The molecular formula is C17H19BrF4N4. The lowest BCUT2D eigenvalue weighted by Gasteiger charge is -2.13. The monoisotopic (exact) mass is 434 g/mol. The molecule has 2 aromatic rings. The van der Waals surface area contributed by atoms with Gasteiger partial charge in [0.25, 0.3) is 12.9 Å². The second-order valence-electron chi connectivity index (χ2n) is 5.80. The molecule has 0 aromatic carbocycles. The molecule has 0 radical (unpaired) electrons. The quantitative estimate of drug-likeness (QED) is 0.602. The number of rotatable bonds is 4. The van der Waals surface area contributed by atoms with Crippen LogP contribution < -0.4 is 11.1 Å². The molecule has 4 nitrogen and oxygen atoms in total. The number of nitrogens with one attached hydrogen (secondary N) is 1. The van der Waals surface area contributed by atoms with Crippen molar-refractivity contribution < 1.29 is 17.6 Å². The number of halogens is 5. The van der Waals surface area contributed by atoms with Gasteiger partial charge in [-0.05, 0) is 47.0 Å². The minimum Gasteiger partial charge on any atom is -0.383 e. The number of pyridine rings is 2. The van der Waals surface area contributed by atoms with Crippen LogP contribution in [0.4, 0.5) is 29.2 Å². The van der Waals surface area contributed by atoms with Crippen LogP contribution in [0.15, 0.2) is 35.1 Å². The summed E-state index contributed by atoms with van der Waals surface area (Å²) in [6.07, 6.45) is 2.41. The number of hydrogen-bond donors (Lipinski definition) is 2. The van der Waals surface area contributed by atoms with E-state index in [1.807, 2.05) is 0 Å². The number of anilines is 2. The van der Waals surface area contributed by atoms with Crippen molar-refractivity contribution in [1.82, 2.24) is 9.97 Å². The molecule has 26 heavy (non-hydrogen) atoms. The largest absolute Gasteiger partial charge is 0.383 e. The average molecular weight is 435 g/mol. The highest BCUT2D eigenvalue weighted by molar-refractivity contribution is 9.10. The van der Waals surface area contributed by atoms with Crippen molar-refractivity contribution in [3.63, 3.8) is 0 Å². The zero-order chi connectivity index (χ0) is 19.1. The molecule has 2 aromatic heterocycles. The van der Waals surface area contributed by atoms with E-state index in [9.17, 15) is 17.6 Å². The SMILES string of the molecule is FC(F)c1cc(NC2CCCC2)ncc1Br.Nc1ncccc1C(F)F. The first-order chi connectivity index (χ1) is 12.4. The lowest BCUT2D eigenvalue weighted by atomic mass is 10.2. The van der Waals surface area contributed by atoms with Crippen LogP contribution >= 0.6 is 15.9 Å². The summed E-state index contributed by atoms with van der Waals surface area (Å²) in [5.41, 5.74) is 4.92. The van der Waals surface area contributed by atoms with E-state index in [0.717, 1.165) is 12.8 Å². The topological polar surface area (TPSA) is 63.8 Å². The number of nitrogens with two attached hydrogens (primary N) is 1. The molecule has 1 fully saturated rings. The Bertz CT molecular complexity index is 709. The van der Waals surface area contributed by atoms with Gasteiger partial charge in [0, 0.05) is 28.5 Å². The van der Waals surface area contributed by atoms with Crippen LogP contribution in [0.2, 0.25) is 0 Å². The molecule has 0 saturated heterocycles. The molecule has 1 saturated carbocycles. The Kier molecular flexibility index (Phi) is 7.62. The number of aromatic nitrogens is 2. The molecule has 3 N–H and O–H groups in total.